The first kappa shape index (κ1) is 18.4. The number of ether oxygens (including phenoxy) is 4. The first-order chi connectivity index (χ1) is 9.27. The molecule has 0 radical (unpaired) electrons. The van der Waals surface area contributed by atoms with Crippen LogP contribution in [0.4, 0.5) is 0 Å². The molecule has 0 spiro atoms. The maximum Gasteiger partial charge on any atom is 0.132 e. The van der Waals surface area contributed by atoms with E-state index in [2.05, 4.69) is 4.84 Å². The molecule has 0 fully saturated rings. The number of ketones is 1. The molecule has 7 heteroatoms. The Labute approximate surface area is 114 Å². The Balaban J connectivity index is 2.93. The van der Waals surface area contributed by atoms with Crippen LogP contribution in [0.25, 0.3) is 0 Å². The minimum Gasteiger partial charge on any atom is -0.379 e. The van der Waals surface area contributed by atoms with Gasteiger partial charge in [-0.1, -0.05) is 0 Å². The van der Waals surface area contributed by atoms with Gasteiger partial charge in [-0.3, -0.25) is 4.79 Å². The van der Waals surface area contributed by atoms with Gasteiger partial charge in [0.05, 0.1) is 59.5 Å². The molecule has 2 N–H and O–H groups in total. The average molecular weight is 279 g/mol. The van der Waals surface area contributed by atoms with Gasteiger partial charge in [-0.25, -0.2) is 5.90 Å². The number of hydrogen-bond acceptors (Lipinski definition) is 7. The molecule has 0 amide bonds. The van der Waals surface area contributed by atoms with Crippen LogP contribution in [0, 0.1) is 0 Å². The van der Waals surface area contributed by atoms with Crippen molar-refractivity contribution in [3.8, 4) is 0 Å². The first-order valence-electron chi connectivity index (χ1n) is 6.39. The molecule has 0 aliphatic carbocycles. The van der Waals surface area contributed by atoms with E-state index in [1.807, 2.05) is 0 Å². The summed E-state index contributed by atoms with van der Waals surface area (Å²) in [5.41, 5.74) is 0. The lowest BCUT2D eigenvalue weighted by atomic mass is 10.3. The molecule has 0 aromatic carbocycles. The molecule has 114 valence electrons. The average Bonchev–Trinajstić information content (AvgIpc) is 2.39. The van der Waals surface area contributed by atoms with E-state index in [1.165, 1.54) is 0 Å². The largest absolute Gasteiger partial charge is 0.379 e. The summed E-state index contributed by atoms with van der Waals surface area (Å²) in [6.45, 7) is 5.91. The molecule has 0 saturated carbocycles. The molecule has 0 bridgehead atoms. The normalized spacial score (nSPS) is 10.8. The van der Waals surface area contributed by atoms with Gasteiger partial charge in [-0.05, 0) is 6.92 Å². The highest BCUT2D eigenvalue weighted by atomic mass is 16.6. The number of rotatable bonds is 15. The lowest BCUT2D eigenvalue weighted by Crippen LogP contribution is -2.14. The quantitative estimate of drug-likeness (QED) is 0.331. The highest BCUT2D eigenvalue weighted by Crippen LogP contribution is 1.86. The highest BCUT2D eigenvalue weighted by molar-refractivity contribution is 5.75. The molecular weight excluding hydrogens is 254 g/mol. The SMILES string of the molecule is CC(=O)CCOCCOCCOCCOCCON. The van der Waals surface area contributed by atoms with E-state index < -0.39 is 0 Å². The van der Waals surface area contributed by atoms with Gasteiger partial charge in [-0.15, -0.1) is 0 Å². The van der Waals surface area contributed by atoms with Crippen molar-refractivity contribution in [3.63, 3.8) is 0 Å². The van der Waals surface area contributed by atoms with Gasteiger partial charge in [0.25, 0.3) is 0 Å². The fraction of sp³-hybridized carbons (Fsp3) is 0.917. The highest BCUT2D eigenvalue weighted by Gasteiger charge is 1.94. The predicted molar refractivity (Wildman–Crippen MR) is 68.7 cm³/mol. The molecule has 0 atom stereocenters. The molecule has 19 heavy (non-hydrogen) atoms. The third kappa shape index (κ3) is 17.4. The van der Waals surface area contributed by atoms with Crippen molar-refractivity contribution in [3.05, 3.63) is 0 Å². The Morgan fingerprint density at radius 3 is 1.47 bits per heavy atom. The van der Waals surface area contributed by atoms with Crippen molar-refractivity contribution in [1.82, 2.24) is 0 Å². The summed E-state index contributed by atoms with van der Waals surface area (Å²) in [6.07, 6.45) is 0.457. The molecular formula is C12H25NO6. The van der Waals surface area contributed by atoms with Gasteiger partial charge in [0.15, 0.2) is 0 Å². The van der Waals surface area contributed by atoms with Crippen LogP contribution in [0.3, 0.4) is 0 Å². The number of Topliss-reactive ketones (excluding diaryl/α,β-unsaturated/α-hetero) is 1. The molecule has 0 rings (SSSR count). The minimum atomic E-state index is 0.134. The van der Waals surface area contributed by atoms with Crippen molar-refractivity contribution in [1.29, 1.82) is 0 Å². The van der Waals surface area contributed by atoms with Gasteiger partial charge in [0, 0.05) is 6.42 Å². The van der Waals surface area contributed by atoms with Crippen LogP contribution in [-0.4, -0.2) is 65.2 Å². The van der Waals surface area contributed by atoms with Crippen LogP contribution in [-0.2, 0) is 28.6 Å². The second-order valence-corrected chi connectivity index (χ2v) is 3.77. The smallest absolute Gasteiger partial charge is 0.132 e. The topological polar surface area (TPSA) is 89.2 Å². The standard InChI is InChI=1S/C12H25NO6/c1-12(14)2-3-15-4-5-16-6-7-17-8-9-18-10-11-19-13/h2-11,13H2,1H3. The maximum atomic E-state index is 10.6. The van der Waals surface area contributed by atoms with Crippen LogP contribution >= 0.6 is 0 Å². The summed E-state index contributed by atoms with van der Waals surface area (Å²) >= 11 is 0. The van der Waals surface area contributed by atoms with Crippen molar-refractivity contribution in [2.24, 2.45) is 5.90 Å². The van der Waals surface area contributed by atoms with Gasteiger partial charge < -0.3 is 23.8 Å². The van der Waals surface area contributed by atoms with E-state index in [9.17, 15) is 4.79 Å². The molecule has 0 aliphatic rings. The van der Waals surface area contributed by atoms with Gasteiger partial charge >= 0.3 is 0 Å². The van der Waals surface area contributed by atoms with Gasteiger partial charge in [0.1, 0.15) is 5.78 Å². The number of carbonyl (C=O) groups is 1. The fourth-order valence-corrected chi connectivity index (χ4v) is 1.08. The summed E-state index contributed by atoms with van der Waals surface area (Å²) < 4.78 is 20.9. The summed E-state index contributed by atoms with van der Waals surface area (Å²) in [5.74, 6) is 4.96. The molecule has 0 heterocycles. The summed E-state index contributed by atoms with van der Waals surface area (Å²) in [6, 6.07) is 0. The lowest BCUT2D eigenvalue weighted by molar-refractivity contribution is -0.118. The minimum absolute atomic E-state index is 0.134. The van der Waals surface area contributed by atoms with Crippen LogP contribution in [0.15, 0.2) is 0 Å². The third-order valence-corrected chi connectivity index (χ3v) is 2.06. The Kier molecular flexibility index (Phi) is 15.0. The van der Waals surface area contributed by atoms with E-state index in [1.54, 1.807) is 6.92 Å². The summed E-state index contributed by atoms with van der Waals surface area (Å²) in [4.78, 5) is 14.9. The number of carbonyl (C=O) groups excluding carboxylic acids is 1. The first-order valence-corrected chi connectivity index (χ1v) is 6.39. The maximum absolute atomic E-state index is 10.6. The van der Waals surface area contributed by atoms with Crippen LogP contribution in [0.2, 0.25) is 0 Å². The van der Waals surface area contributed by atoms with Crippen molar-refractivity contribution in [2.75, 3.05) is 59.5 Å². The molecule has 7 nitrogen and oxygen atoms in total. The zero-order valence-corrected chi connectivity index (χ0v) is 11.6. The van der Waals surface area contributed by atoms with Crippen LogP contribution in [0.5, 0.6) is 0 Å². The fourth-order valence-electron chi connectivity index (χ4n) is 1.08. The lowest BCUT2D eigenvalue weighted by Gasteiger charge is -2.07. The van der Waals surface area contributed by atoms with Gasteiger partial charge in [0.2, 0.25) is 0 Å². The molecule has 0 aliphatic heterocycles. The molecule has 0 saturated heterocycles. The van der Waals surface area contributed by atoms with E-state index in [-0.39, 0.29) is 5.78 Å². The number of nitrogens with two attached hydrogens (primary N) is 1. The Hall–Kier alpha value is -0.570. The van der Waals surface area contributed by atoms with E-state index >= 15 is 0 Å². The number of hydrogen-bond donors (Lipinski definition) is 1. The molecule has 0 aromatic heterocycles. The van der Waals surface area contributed by atoms with E-state index in [0.29, 0.717) is 65.9 Å². The Morgan fingerprint density at radius 2 is 1.11 bits per heavy atom. The van der Waals surface area contributed by atoms with Crippen molar-refractivity contribution < 1.29 is 28.6 Å². The summed E-state index contributed by atoms with van der Waals surface area (Å²) in [7, 11) is 0. The second-order valence-electron chi connectivity index (χ2n) is 3.77. The van der Waals surface area contributed by atoms with E-state index in [0.717, 1.165) is 0 Å². The molecule has 0 aromatic rings. The Morgan fingerprint density at radius 1 is 0.737 bits per heavy atom. The van der Waals surface area contributed by atoms with Crippen LogP contribution < -0.4 is 5.90 Å². The van der Waals surface area contributed by atoms with Crippen LogP contribution in [0.1, 0.15) is 13.3 Å². The third-order valence-electron chi connectivity index (χ3n) is 2.06. The summed E-state index contributed by atoms with van der Waals surface area (Å²) in [5, 5.41) is 0. The predicted octanol–water partition coefficient (Wildman–Crippen LogP) is -0.0778. The van der Waals surface area contributed by atoms with Crippen molar-refractivity contribution >= 4 is 5.78 Å². The molecule has 0 unspecified atom stereocenters. The monoisotopic (exact) mass is 279 g/mol. The van der Waals surface area contributed by atoms with Crippen molar-refractivity contribution in [2.45, 2.75) is 13.3 Å². The second kappa shape index (κ2) is 15.5. The zero-order valence-electron chi connectivity index (χ0n) is 11.6. The van der Waals surface area contributed by atoms with E-state index in [4.69, 9.17) is 24.8 Å². The Bertz CT molecular complexity index is 203. The van der Waals surface area contributed by atoms with Gasteiger partial charge in [-0.2, -0.15) is 0 Å². The zero-order chi connectivity index (χ0) is 14.2.